The quantitative estimate of drug-likeness (QED) is 0.863. The van der Waals surface area contributed by atoms with E-state index < -0.39 is 0 Å². The highest BCUT2D eigenvalue weighted by Crippen LogP contribution is 2.31. The Bertz CT molecular complexity index is 712. The Hall–Kier alpha value is -2.35. The lowest BCUT2D eigenvalue weighted by Gasteiger charge is -2.18. The number of amides is 1. The molecule has 2 heterocycles. The topological polar surface area (TPSA) is 76.6 Å². The maximum absolute atomic E-state index is 12.7. The third kappa shape index (κ3) is 3.28. The van der Waals surface area contributed by atoms with E-state index in [9.17, 15) is 4.79 Å². The predicted octanol–water partition coefficient (Wildman–Crippen LogP) is 2.34. The van der Waals surface area contributed by atoms with Crippen LogP contribution in [-0.4, -0.2) is 42.1 Å². The third-order valence-electron chi connectivity index (χ3n) is 3.94. The maximum Gasteiger partial charge on any atom is 0.249 e. The molecule has 128 valence electrons. The lowest BCUT2D eigenvalue weighted by atomic mass is 10.2. The Morgan fingerprint density at radius 3 is 2.58 bits per heavy atom. The molecule has 24 heavy (non-hydrogen) atoms. The van der Waals surface area contributed by atoms with Gasteiger partial charge >= 0.3 is 0 Å². The number of hydrogen-bond donors (Lipinski definition) is 1. The van der Waals surface area contributed by atoms with Gasteiger partial charge in [-0.2, -0.15) is 4.37 Å². The number of nitrogens with zero attached hydrogens (tertiary/aromatic N) is 3. The monoisotopic (exact) mass is 348 g/mol. The minimum Gasteiger partial charge on any atom is -0.497 e. The lowest BCUT2D eigenvalue weighted by molar-refractivity contribution is -0.117. The Balaban J connectivity index is 1.76. The fraction of sp³-hybridized carbons (Fsp3) is 0.438. The van der Waals surface area contributed by atoms with E-state index in [0.717, 1.165) is 17.9 Å². The van der Waals surface area contributed by atoms with Gasteiger partial charge in [-0.05, 0) is 6.42 Å². The summed E-state index contributed by atoms with van der Waals surface area (Å²) in [4.78, 5) is 18.8. The SMILES string of the molecule is CCc1nsc(NC2CCN(c3cc(OC)cc(OC)c3)C2=O)n1. The van der Waals surface area contributed by atoms with Crippen molar-refractivity contribution in [2.45, 2.75) is 25.8 Å². The van der Waals surface area contributed by atoms with E-state index in [1.54, 1.807) is 25.2 Å². The summed E-state index contributed by atoms with van der Waals surface area (Å²) in [7, 11) is 3.19. The molecule has 3 rings (SSSR count). The Kier molecular flexibility index (Phi) is 4.84. The summed E-state index contributed by atoms with van der Waals surface area (Å²) in [6, 6.07) is 5.17. The molecule has 1 amide bonds. The van der Waals surface area contributed by atoms with Crippen molar-refractivity contribution in [3.8, 4) is 11.5 Å². The molecule has 8 heteroatoms. The molecule has 0 aliphatic carbocycles. The first-order valence-corrected chi connectivity index (χ1v) is 8.55. The van der Waals surface area contributed by atoms with Gasteiger partial charge in [-0.15, -0.1) is 0 Å². The zero-order valence-corrected chi connectivity index (χ0v) is 14.7. The van der Waals surface area contributed by atoms with Gasteiger partial charge in [0.2, 0.25) is 11.0 Å². The zero-order valence-electron chi connectivity index (χ0n) is 13.9. The third-order valence-corrected chi connectivity index (χ3v) is 4.62. The highest BCUT2D eigenvalue weighted by molar-refractivity contribution is 7.09. The van der Waals surface area contributed by atoms with Crippen LogP contribution in [0.25, 0.3) is 0 Å². The summed E-state index contributed by atoms with van der Waals surface area (Å²) < 4.78 is 14.8. The van der Waals surface area contributed by atoms with Crippen LogP contribution in [0.1, 0.15) is 19.2 Å². The molecule has 7 nitrogen and oxygen atoms in total. The Morgan fingerprint density at radius 1 is 1.29 bits per heavy atom. The molecule has 0 bridgehead atoms. The van der Waals surface area contributed by atoms with Crippen molar-refractivity contribution in [2.75, 3.05) is 31.0 Å². The summed E-state index contributed by atoms with van der Waals surface area (Å²) in [5.41, 5.74) is 0.770. The van der Waals surface area contributed by atoms with E-state index in [-0.39, 0.29) is 11.9 Å². The van der Waals surface area contributed by atoms with Gasteiger partial charge in [0, 0.05) is 42.7 Å². The molecule has 2 aromatic rings. The van der Waals surface area contributed by atoms with E-state index >= 15 is 0 Å². The van der Waals surface area contributed by atoms with Crippen molar-refractivity contribution < 1.29 is 14.3 Å². The highest BCUT2D eigenvalue weighted by atomic mass is 32.1. The summed E-state index contributed by atoms with van der Waals surface area (Å²) in [6.45, 7) is 2.64. The van der Waals surface area contributed by atoms with Gasteiger partial charge in [-0.1, -0.05) is 6.92 Å². The number of ether oxygens (including phenoxy) is 2. The van der Waals surface area contributed by atoms with E-state index in [2.05, 4.69) is 14.7 Å². The second-order valence-electron chi connectivity index (χ2n) is 5.42. The van der Waals surface area contributed by atoms with Crippen molar-refractivity contribution in [1.29, 1.82) is 0 Å². The van der Waals surface area contributed by atoms with Gasteiger partial charge < -0.3 is 19.7 Å². The summed E-state index contributed by atoms with van der Waals surface area (Å²) >= 11 is 1.29. The molecule has 1 fully saturated rings. The number of aryl methyl sites for hydroxylation is 1. The molecule has 0 spiro atoms. The van der Waals surface area contributed by atoms with Crippen LogP contribution in [0.4, 0.5) is 10.8 Å². The second kappa shape index (κ2) is 7.04. The van der Waals surface area contributed by atoms with Crippen LogP contribution in [0.2, 0.25) is 0 Å². The van der Waals surface area contributed by atoms with Crippen molar-refractivity contribution in [3.63, 3.8) is 0 Å². The first kappa shape index (κ1) is 16.5. The van der Waals surface area contributed by atoms with Crippen LogP contribution in [0.3, 0.4) is 0 Å². The van der Waals surface area contributed by atoms with Crippen LogP contribution in [0, 0.1) is 0 Å². The largest absolute Gasteiger partial charge is 0.497 e. The van der Waals surface area contributed by atoms with E-state index in [0.29, 0.717) is 29.6 Å². The molecular weight excluding hydrogens is 328 g/mol. The van der Waals surface area contributed by atoms with Gasteiger partial charge in [0.15, 0.2) is 0 Å². The number of carbonyl (C=O) groups is 1. The van der Waals surface area contributed by atoms with Crippen molar-refractivity contribution in [3.05, 3.63) is 24.0 Å². The Morgan fingerprint density at radius 2 is 2.00 bits per heavy atom. The number of nitrogens with one attached hydrogen (secondary N) is 1. The first-order valence-electron chi connectivity index (χ1n) is 7.78. The van der Waals surface area contributed by atoms with Crippen molar-refractivity contribution in [1.82, 2.24) is 9.36 Å². The predicted molar refractivity (Wildman–Crippen MR) is 93.2 cm³/mol. The summed E-state index contributed by atoms with van der Waals surface area (Å²) in [5.74, 6) is 2.12. The number of anilines is 2. The number of benzene rings is 1. The van der Waals surface area contributed by atoms with Gasteiger partial charge in [0.25, 0.3) is 0 Å². The number of carbonyl (C=O) groups excluding carboxylic acids is 1. The normalized spacial score (nSPS) is 17.2. The van der Waals surface area contributed by atoms with E-state index in [4.69, 9.17) is 9.47 Å². The number of rotatable bonds is 6. The maximum atomic E-state index is 12.7. The van der Waals surface area contributed by atoms with Crippen LogP contribution in [0.15, 0.2) is 18.2 Å². The fourth-order valence-corrected chi connectivity index (χ4v) is 3.33. The smallest absolute Gasteiger partial charge is 0.249 e. The van der Waals surface area contributed by atoms with Gasteiger partial charge in [-0.25, -0.2) is 4.98 Å². The first-order chi connectivity index (χ1) is 11.6. The van der Waals surface area contributed by atoms with Gasteiger partial charge in [-0.3, -0.25) is 4.79 Å². The zero-order chi connectivity index (χ0) is 17.1. The standard InChI is InChI=1S/C16H20N4O3S/c1-4-14-18-16(24-19-14)17-13-5-6-20(15(13)21)10-7-11(22-2)9-12(8-10)23-3/h7-9,13H,4-6H2,1-3H3,(H,17,18,19). The Labute approximate surface area is 144 Å². The molecule has 1 N–H and O–H groups in total. The molecule has 0 saturated carbocycles. The van der Waals surface area contributed by atoms with Crippen LogP contribution < -0.4 is 19.7 Å². The van der Waals surface area contributed by atoms with Crippen LogP contribution >= 0.6 is 11.5 Å². The molecule has 1 aliphatic rings. The molecule has 0 radical (unpaired) electrons. The fourth-order valence-electron chi connectivity index (χ4n) is 2.62. The highest BCUT2D eigenvalue weighted by Gasteiger charge is 2.33. The number of aromatic nitrogens is 2. The molecule has 1 unspecified atom stereocenters. The van der Waals surface area contributed by atoms with Crippen LogP contribution in [0.5, 0.6) is 11.5 Å². The average Bonchev–Trinajstić information content (AvgIpc) is 3.22. The molecule has 1 atom stereocenters. The lowest BCUT2D eigenvalue weighted by Crippen LogP contribution is -2.33. The van der Waals surface area contributed by atoms with Crippen molar-refractivity contribution >= 4 is 28.3 Å². The molecule has 1 aliphatic heterocycles. The summed E-state index contributed by atoms with van der Waals surface area (Å²) in [5, 5.41) is 3.88. The number of hydrogen-bond acceptors (Lipinski definition) is 7. The number of methoxy groups -OCH3 is 2. The van der Waals surface area contributed by atoms with E-state index in [1.165, 1.54) is 11.5 Å². The van der Waals surface area contributed by atoms with E-state index in [1.807, 2.05) is 19.1 Å². The average molecular weight is 348 g/mol. The molecule has 1 aromatic heterocycles. The molecular formula is C16H20N4O3S. The molecule has 1 saturated heterocycles. The second-order valence-corrected chi connectivity index (χ2v) is 6.17. The van der Waals surface area contributed by atoms with Gasteiger partial charge in [0.05, 0.1) is 19.9 Å². The minimum absolute atomic E-state index is 0.0126. The summed E-state index contributed by atoms with van der Waals surface area (Å²) in [6.07, 6.45) is 1.49. The molecule has 1 aromatic carbocycles. The van der Waals surface area contributed by atoms with Gasteiger partial charge in [0.1, 0.15) is 23.4 Å². The van der Waals surface area contributed by atoms with Crippen molar-refractivity contribution in [2.24, 2.45) is 0 Å². The van der Waals surface area contributed by atoms with Crippen LogP contribution in [-0.2, 0) is 11.2 Å². The minimum atomic E-state index is -0.292.